The van der Waals surface area contributed by atoms with Crippen LogP contribution in [0, 0.1) is 0 Å². The van der Waals surface area contributed by atoms with Crippen molar-refractivity contribution in [3.63, 3.8) is 0 Å². The Hall–Kier alpha value is -0.530. The van der Waals surface area contributed by atoms with Crippen LogP contribution in [0.4, 0.5) is 0 Å². The summed E-state index contributed by atoms with van der Waals surface area (Å²) in [6.07, 6.45) is -5.21. The maximum Gasteiger partial charge on any atom is 0.194 e. The standard InChI is InChI=1S/C6H12O6/c7-1-3(9)5(11)6(12)4(10)2-8/h3-5,7-11H,1-2H2/t3-,4+,5+/m0/s1. The normalized spacial score (nSPS) is 18.4. The van der Waals surface area contributed by atoms with E-state index < -0.39 is 37.3 Å². The largest absolute Gasteiger partial charge is 0.394 e. The van der Waals surface area contributed by atoms with Crippen molar-refractivity contribution in [2.24, 2.45) is 0 Å². The lowest BCUT2D eigenvalue weighted by Crippen LogP contribution is -2.43. The summed E-state index contributed by atoms with van der Waals surface area (Å²) in [5.41, 5.74) is 0. The first-order chi connectivity index (χ1) is 5.54. The molecule has 0 bridgehead atoms. The molecular formula is C6H12O6. The van der Waals surface area contributed by atoms with Crippen molar-refractivity contribution in [2.75, 3.05) is 13.2 Å². The molecule has 0 aliphatic rings. The van der Waals surface area contributed by atoms with Crippen molar-refractivity contribution in [3.05, 3.63) is 0 Å². The van der Waals surface area contributed by atoms with E-state index in [0.29, 0.717) is 0 Å². The van der Waals surface area contributed by atoms with Crippen LogP contribution < -0.4 is 0 Å². The van der Waals surface area contributed by atoms with Gasteiger partial charge >= 0.3 is 0 Å². The van der Waals surface area contributed by atoms with Gasteiger partial charge in [-0.25, -0.2) is 0 Å². The highest BCUT2D eigenvalue weighted by atomic mass is 16.4. The number of Topliss-reactive ketones (excluding diaryl/α,β-unsaturated/α-hetero) is 1. The van der Waals surface area contributed by atoms with Crippen molar-refractivity contribution in [2.45, 2.75) is 18.3 Å². The highest BCUT2D eigenvalue weighted by Gasteiger charge is 2.28. The van der Waals surface area contributed by atoms with E-state index in [0.717, 1.165) is 0 Å². The highest BCUT2D eigenvalue weighted by Crippen LogP contribution is 1.98. The second kappa shape index (κ2) is 5.18. The fourth-order valence-electron chi connectivity index (χ4n) is 0.577. The molecule has 3 atom stereocenters. The van der Waals surface area contributed by atoms with Crippen LogP contribution >= 0.6 is 0 Å². The Morgan fingerprint density at radius 2 is 1.58 bits per heavy atom. The molecule has 12 heavy (non-hydrogen) atoms. The van der Waals surface area contributed by atoms with Crippen molar-refractivity contribution in [1.82, 2.24) is 0 Å². The molecule has 5 N–H and O–H groups in total. The van der Waals surface area contributed by atoms with E-state index in [1.54, 1.807) is 0 Å². The van der Waals surface area contributed by atoms with Gasteiger partial charge in [-0.15, -0.1) is 0 Å². The van der Waals surface area contributed by atoms with Crippen LogP contribution in [0.25, 0.3) is 0 Å². The zero-order valence-electron chi connectivity index (χ0n) is 6.29. The molecule has 0 rings (SSSR count). The lowest BCUT2D eigenvalue weighted by molar-refractivity contribution is -0.144. The molecule has 0 saturated carbocycles. The third-order valence-corrected chi connectivity index (χ3v) is 1.34. The van der Waals surface area contributed by atoms with Crippen molar-refractivity contribution in [3.8, 4) is 0 Å². The predicted octanol–water partition coefficient (Wildman–Crippen LogP) is -3.38. The summed E-state index contributed by atoms with van der Waals surface area (Å²) in [6, 6.07) is 0. The Morgan fingerprint density at radius 1 is 1.08 bits per heavy atom. The van der Waals surface area contributed by atoms with Gasteiger partial charge in [0.2, 0.25) is 0 Å². The Balaban J connectivity index is 4.09. The monoisotopic (exact) mass is 180 g/mol. The Labute approximate surface area is 68.7 Å². The molecule has 0 aromatic heterocycles. The van der Waals surface area contributed by atoms with E-state index in [1.807, 2.05) is 0 Å². The van der Waals surface area contributed by atoms with E-state index in [9.17, 15) is 4.79 Å². The van der Waals surface area contributed by atoms with Crippen LogP contribution in [0.5, 0.6) is 0 Å². The number of aliphatic hydroxyl groups is 5. The SMILES string of the molecule is O=C([C@H](O)CO)[C@H](O)[C@@H](O)CO. The van der Waals surface area contributed by atoms with Gasteiger partial charge in [-0.05, 0) is 0 Å². The summed E-state index contributed by atoms with van der Waals surface area (Å²) in [7, 11) is 0. The van der Waals surface area contributed by atoms with Gasteiger partial charge < -0.3 is 25.5 Å². The van der Waals surface area contributed by atoms with E-state index in [-0.39, 0.29) is 0 Å². The fourth-order valence-corrected chi connectivity index (χ4v) is 0.577. The van der Waals surface area contributed by atoms with Gasteiger partial charge in [0.05, 0.1) is 13.2 Å². The van der Waals surface area contributed by atoms with Crippen LogP contribution in [0.1, 0.15) is 0 Å². The fraction of sp³-hybridized carbons (Fsp3) is 0.833. The topological polar surface area (TPSA) is 118 Å². The van der Waals surface area contributed by atoms with Gasteiger partial charge in [0.25, 0.3) is 0 Å². The van der Waals surface area contributed by atoms with Gasteiger partial charge in [-0.2, -0.15) is 0 Å². The first-order valence-electron chi connectivity index (χ1n) is 3.34. The molecule has 0 fully saturated rings. The number of rotatable bonds is 5. The molecule has 0 aliphatic carbocycles. The molecule has 72 valence electrons. The number of aliphatic hydroxyl groups excluding tert-OH is 5. The Morgan fingerprint density at radius 3 is 1.92 bits per heavy atom. The molecule has 6 nitrogen and oxygen atoms in total. The number of hydrogen-bond donors (Lipinski definition) is 5. The molecule has 0 aromatic rings. The number of carbonyl (C=O) groups excluding carboxylic acids is 1. The minimum absolute atomic E-state index is 0.787. The predicted molar refractivity (Wildman–Crippen MR) is 37.2 cm³/mol. The van der Waals surface area contributed by atoms with Gasteiger partial charge in [0.15, 0.2) is 5.78 Å². The molecule has 0 heterocycles. The summed E-state index contributed by atoms with van der Waals surface area (Å²) < 4.78 is 0. The summed E-state index contributed by atoms with van der Waals surface area (Å²) in [6.45, 7) is -1.61. The minimum Gasteiger partial charge on any atom is -0.394 e. The van der Waals surface area contributed by atoms with Gasteiger partial charge in [-0.3, -0.25) is 4.79 Å². The van der Waals surface area contributed by atoms with E-state index in [1.165, 1.54) is 0 Å². The van der Waals surface area contributed by atoms with Crippen molar-refractivity contribution >= 4 is 5.78 Å². The van der Waals surface area contributed by atoms with Gasteiger partial charge in [-0.1, -0.05) is 0 Å². The molecule has 0 aromatic carbocycles. The number of hydrogen-bond acceptors (Lipinski definition) is 6. The second-order valence-corrected chi connectivity index (χ2v) is 2.30. The maximum atomic E-state index is 10.7. The molecule has 0 radical (unpaired) electrons. The lowest BCUT2D eigenvalue weighted by atomic mass is 10.1. The molecule has 0 amide bonds. The molecular weight excluding hydrogens is 168 g/mol. The average molecular weight is 180 g/mol. The van der Waals surface area contributed by atoms with Crippen LogP contribution in [0.15, 0.2) is 0 Å². The van der Waals surface area contributed by atoms with E-state index in [2.05, 4.69) is 0 Å². The third-order valence-electron chi connectivity index (χ3n) is 1.34. The van der Waals surface area contributed by atoms with Crippen LogP contribution in [-0.2, 0) is 4.79 Å². The van der Waals surface area contributed by atoms with Crippen LogP contribution in [0.2, 0.25) is 0 Å². The Kier molecular flexibility index (Phi) is 4.95. The average Bonchev–Trinajstić information content (AvgIpc) is 2.12. The minimum atomic E-state index is -1.86. The zero-order valence-corrected chi connectivity index (χ0v) is 6.29. The smallest absolute Gasteiger partial charge is 0.194 e. The first kappa shape index (κ1) is 11.5. The maximum absolute atomic E-state index is 10.7. The van der Waals surface area contributed by atoms with Gasteiger partial charge in [0.1, 0.15) is 18.3 Å². The molecule has 6 heteroatoms. The number of carbonyl (C=O) groups is 1. The van der Waals surface area contributed by atoms with Crippen molar-refractivity contribution < 1.29 is 30.3 Å². The third kappa shape index (κ3) is 2.84. The summed E-state index contributed by atoms with van der Waals surface area (Å²) in [5.74, 6) is -1.11. The van der Waals surface area contributed by atoms with Crippen LogP contribution in [0.3, 0.4) is 0 Å². The molecule has 0 spiro atoms. The van der Waals surface area contributed by atoms with Crippen molar-refractivity contribution in [1.29, 1.82) is 0 Å². The summed E-state index contributed by atoms with van der Waals surface area (Å²) in [5, 5.41) is 42.9. The van der Waals surface area contributed by atoms with Gasteiger partial charge in [0, 0.05) is 0 Å². The van der Waals surface area contributed by atoms with E-state index in [4.69, 9.17) is 25.5 Å². The molecule has 0 aliphatic heterocycles. The first-order valence-corrected chi connectivity index (χ1v) is 3.34. The number of ketones is 1. The summed E-state index contributed by atoms with van der Waals surface area (Å²) >= 11 is 0. The molecule has 0 saturated heterocycles. The Bertz CT molecular complexity index is 147. The highest BCUT2D eigenvalue weighted by molar-refractivity contribution is 5.87. The second-order valence-electron chi connectivity index (χ2n) is 2.30. The zero-order chi connectivity index (χ0) is 9.72. The molecule has 0 unspecified atom stereocenters. The summed E-state index contributed by atoms with van der Waals surface area (Å²) in [4.78, 5) is 10.7. The lowest BCUT2D eigenvalue weighted by Gasteiger charge is -2.16. The quantitative estimate of drug-likeness (QED) is 0.301. The van der Waals surface area contributed by atoms with E-state index >= 15 is 0 Å². The van der Waals surface area contributed by atoms with Crippen LogP contribution in [-0.4, -0.2) is 62.8 Å².